The zero-order valence-corrected chi connectivity index (χ0v) is 6.00. The lowest BCUT2D eigenvalue weighted by atomic mass is 10.4. The molecule has 2 nitrogen and oxygen atoms in total. The van der Waals surface area contributed by atoms with Gasteiger partial charge < -0.3 is 0 Å². The van der Waals surface area contributed by atoms with E-state index >= 15 is 0 Å². The molecule has 1 atom stereocenters. The minimum atomic E-state index is -0.0444. The first-order chi connectivity index (χ1) is 3.79. The lowest BCUT2D eigenvalue weighted by Crippen LogP contribution is -2.30. The summed E-state index contributed by atoms with van der Waals surface area (Å²) in [6.07, 6.45) is 1.23. The van der Waals surface area contributed by atoms with Crippen molar-refractivity contribution in [2.45, 2.75) is 6.42 Å². The average molecular weight is 132 g/mol. The van der Waals surface area contributed by atoms with Crippen LogP contribution in [0, 0.1) is 4.78 Å². The average Bonchev–Trinajstić information content (AvgIpc) is 1.64. The number of rotatable bonds is 0. The molecule has 1 unspecified atom stereocenters. The van der Waals surface area contributed by atoms with Crippen LogP contribution in [0.15, 0.2) is 0 Å². The Bertz CT molecular complexity index is 103. The van der Waals surface area contributed by atoms with Crippen molar-refractivity contribution >= 4 is 10.7 Å². The second kappa shape index (κ2) is 2.60. The highest BCUT2D eigenvalue weighted by atomic mass is 32.2. The van der Waals surface area contributed by atoms with Gasteiger partial charge in [-0.05, 0) is 20.0 Å². The highest BCUT2D eigenvalue weighted by Crippen LogP contribution is 2.00. The molecule has 0 aliphatic carbocycles. The Kier molecular flexibility index (Phi) is 2.02. The fraction of sp³-hybridized carbons (Fsp3) is 1.00. The van der Waals surface area contributed by atoms with Gasteiger partial charge in [0, 0.05) is 5.75 Å². The summed E-state index contributed by atoms with van der Waals surface area (Å²) in [5.74, 6) is 2.13. The summed E-state index contributed by atoms with van der Waals surface area (Å²) in [6, 6.07) is 0. The normalized spacial score (nSPS) is 32.9. The predicted molar refractivity (Wildman–Crippen MR) is 37.1 cm³/mol. The van der Waals surface area contributed by atoms with Crippen LogP contribution in [0.2, 0.25) is 0 Å². The van der Waals surface area contributed by atoms with Gasteiger partial charge in [0.15, 0.2) is 0 Å². The standard InChI is InChI=1S/C5H12N2S/c1-7-3-2-4-8(6)5-7/h6H,2-5H2,1H3. The van der Waals surface area contributed by atoms with Crippen LogP contribution in [0.25, 0.3) is 0 Å². The topological polar surface area (TPSA) is 27.1 Å². The molecular formula is C5H12N2S. The molecule has 0 amide bonds. The van der Waals surface area contributed by atoms with Gasteiger partial charge in [0.05, 0.1) is 5.88 Å². The quantitative estimate of drug-likeness (QED) is 0.515. The molecular weight excluding hydrogens is 120 g/mol. The van der Waals surface area contributed by atoms with E-state index in [1.807, 2.05) is 0 Å². The molecule has 0 aromatic rings. The Morgan fingerprint density at radius 1 is 1.62 bits per heavy atom. The summed E-state index contributed by atoms with van der Waals surface area (Å²) >= 11 is 0. The van der Waals surface area contributed by atoms with Crippen LogP contribution in [0.5, 0.6) is 0 Å². The SMILES string of the molecule is CN1CCCS(=N)C1. The zero-order valence-electron chi connectivity index (χ0n) is 5.18. The molecule has 1 aliphatic rings. The van der Waals surface area contributed by atoms with E-state index in [-0.39, 0.29) is 10.7 Å². The van der Waals surface area contributed by atoms with E-state index in [1.165, 1.54) is 13.0 Å². The monoisotopic (exact) mass is 132 g/mol. The Labute approximate surface area is 52.8 Å². The van der Waals surface area contributed by atoms with Gasteiger partial charge >= 0.3 is 0 Å². The lowest BCUT2D eigenvalue weighted by molar-refractivity contribution is 0.381. The molecule has 1 fully saturated rings. The Morgan fingerprint density at radius 3 is 2.75 bits per heavy atom. The molecule has 1 rings (SSSR count). The van der Waals surface area contributed by atoms with Gasteiger partial charge in [-0.2, -0.15) is 0 Å². The maximum absolute atomic E-state index is 7.39. The van der Waals surface area contributed by atoms with E-state index in [1.54, 1.807) is 0 Å². The zero-order chi connectivity index (χ0) is 5.98. The molecule has 1 aliphatic heterocycles. The summed E-state index contributed by atoms with van der Waals surface area (Å²) in [4.78, 5) is 2.24. The number of hydrogen-bond acceptors (Lipinski definition) is 2. The van der Waals surface area contributed by atoms with Crippen molar-refractivity contribution in [1.82, 2.24) is 4.90 Å². The largest absolute Gasteiger partial charge is 0.296 e. The van der Waals surface area contributed by atoms with Crippen molar-refractivity contribution in [2.75, 3.05) is 25.2 Å². The van der Waals surface area contributed by atoms with Gasteiger partial charge in [0.1, 0.15) is 0 Å². The fourth-order valence-corrected chi connectivity index (χ4v) is 2.17. The molecule has 0 radical (unpaired) electrons. The lowest BCUT2D eigenvalue weighted by Gasteiger charge is -2.22. The number of hydrogen-bond donors (Lipinski definition) is 1. The van der Waals surface area contributed by atoms with E-state index in [0.717, 1.165) is 11.6 Å². The third kappa shape index (κ3) is 1.56. The summed E-state index contributed by atoms with van der Waals surface area (Å²) in [5.41, 5.74) is 0. The van der Waals surface area contributed by atoms with Crippen molar-refractivity contribution in [3.8, 4) is 0 Å². The van der Waals surface area contributed by atoms with Gasteiger partial charge in [-0.15, -0.1) is 0 Å². The van der Waals surface area contributed by atoms with E-state index in [2.05, 4.69) is 11.9 Å². The van der Waals surface area contributed by atoms with Crippen LogP contribution in [-0.2, 0) is 10.7 Å². The van der Waals surface area contributed by atoms with Crippen molar-refractivity contribution in [2.24, 2.45) is 0 Å². The van der Waals surface area contributed by atoms with Crippen LogP contribution in [0.1, 0.15) is 6.42 Å². The molecule has 1 heterocycles. The van der Waals surface area contributed by atoms with E-state index in [9.17, 15) is 0 Å². The first-order valence-electron chi connectivity index (χ1n) is 2.86. The van der Waals surface area contributed by atoms with E-state index < -0.39 is 0 Å². The summed E-state index contributed by atoms with van der Waals surface area (Å²) in [7, 11) is 2.05. The maximum Gasteiger partial charge on any atom is 0.0547 e. The number of nitrogens with zero attached hydrogens (tertiary/aromatic N) is 1. The first kappa shape index (κ1) is 6.23. The minimum Gasteiger partial charge on any atom is -0.296 e. The van der Waals surface area contributed by atoms with Crippen LogP contribution in [0.4, 0.5) is 0 Å². The van der Waals surface area contributed by atoms with Crippen molar-refractivity contribution in [1.29, 1.82) is 4.78 Å². The van der Waals surface area contributed by atoms with Crippen molar-refractivity contribution in [3.63, 3.8) is 0 Å². The third-order valence-corrected chi connectivity index (χ3v) is 2.84. The van der Waals surface area contributed by atoms with Gasteiger partial charge in [0.2, 0.25) is 0 Å². The van der Waals surface area contributed by atoms with E-state index in [4.69, 9.17) is 4.78 Å². The molecule has 0 bridgehead atoms. The molecule has 1 saturated heterocycles. The predicted octanol–water partition coefficient (Wildman–Crippen LogP) is 0.660. The fourth-order valence-electron chi connectivity index (χ4n) is 0.904. The van der Waals surface area contributed by atoms with Gasteiger partial charge in [-0.3, -0.25) is 9.68 Å². The molecule has 1 N–H and O–H groups in total. The van der Waals surface area contributed by atoms with Crippen LogP contribution < -0.4 is 0 Å². The summed E-state index contributed by atoms with van der Waals surface area (Å²) in [5, 5.41) is 0. The molecule has 0 spiro atoms. The molecule has 48 valence electrons. The minimum absolute atomic E-state index is 0.0444. The molecule has 3 heteroatoms. The second-order valence-corrected chi connectivity index (χ2v) is 3.91. The highest BCUT2D eigenvalue weighted by Gasteiger charge is 2.06. The van der Waals surface area contributed by atoms with Gasteiger partial charge in [0.25, 0.3) is 0 Å². The molecule has 0 aromatic heterocycles. The Balaban J connectivity index is 2.34. The smallest absolute Gasteiger partial charge is 0.0547 e. The molecule has 0 saturated carbocycles. The van der Waals surface area contributed by atoms with Crippen molar-refractivity contribution < 1.29 is 0 Å². The van der Waals surface area contributed by atoms with Gasteiger partial charge in [-0.1, -0.05) is 10.7 Å². The highest BCUT2D eigenvalue weighted by molar-refractivity contribution is 7.85. The van der Waals surface area contributed by atoms with E-state index in [0.29, 0.717) is 0 Å². The molecule has 0 aromatic carbocycles. The Hall–Kier alpha value is 0.110. The maximum atomic E-state index is 7.39. The summed E-state index contributed by atoms with van der Waals surface area (Å²) < 4.78 is 7.39. The van der Waals surface area contributed by atoms with Gasteiger partial charge in [-0.25, -0.2) is 0 Å². The second-order valence-electron chi connectivity index (χ2n) is 2.26. The third-order valence-electron chi connectivity index (χ3n) is 1.31. The van der Waals surface area contributed by atoms with Crippen molar-refractivity contribution in [3.05, 3.63) is 0 Å². The molecule has 8 heavy (non-hydrogen) atoms. The van der Waals surface area contributed by atoms with Crippen LogP contribution in [0.3, 0.4) is 0 Å². The van der Waals surface area contributed by atoms with Crippen LogP contribution in [-0.4, -0.2) is 30.1 Å². The summed E-state index contributed by atoms with van der Waals surface area (Å²) in [6.45, 7) is 1.20. The van der Waals surface area contributed by atoms with Crippen LogP contribution >= 0.6 is 0 Å². The number of nitrogens with one attached hydrogen (secondary N) is 1. The Morgan fingerprint density at radius 2 is 2.38 bits per heavy atom. The first-order valence-corrected chi connectivity index (χ1v) is 4.42.